The van der Waals surface area contributed by atoms with Crippen molar-refractivity contribution in [2.45, 2.75) is 19.1 Å². The third kappa shape index (κ3) is 6.68. The van der Waals surface area contributed by atoms with E-state index in [9.17, 15) is 9.59 Å². The molecule has 0 aliphatic carbocycles. The topological polar surface area (TPSA) is 146 Å². The highest BCUT2D eigenvalue weighted by molar-refractivity contribution is 6.28. The Morgan fingerprint density at radius 1 is 1.12 bits per heavy atom. The van der Waals surface area contributed by atoms with Gasteiger partial charge in [-0.25, -0.2) is 9.48 Å². The lowest BCUT2D eigenvalue weighted by atomic mass is 10.1. The molecule has 5 rings (SSSR count). The maximum absolute atomic E-state index is 12.4. The van der Waals surface area contributed by atoms with Crippen molar-refractivity contribution in [2.24, 2.45) is 0 Å². The summed E-state index contributed by atoms with van der Waals surface area (Å²) in [5, 5.41) is 11.2. The number of morpholine rings is 1. The van der Waals surface area contributed by atoms with Crippen molar-refractivity contribution in [3.8, 4) is 6.01 Å². The number of methoxy groups -OCH3 is 1. The first kappa shape index (κ1) is 27.0. The maximum Gasteiger partial charge on any atom is 0.331 e. The summed E-state index contributed by atoms with van der Waals surface area (Å²) in [6.45, 7) is 1.04. The van der Waals surface area contributed by atoms with Crippen LogP contribution in [-0.2, 0) is 32.1 Å². The number of nitrogens with zero attached hydrogens (tertiary/aromatic N) is 7. The molecule has 2 aromatic carbocycles. The number of hydrogen-bond acceptors (Lipinski definition) is 11. The summed E-state index contributed by atoms with van der Waals surface area (Å²) in [6.07, 6.45) is 1.99. The number of benzene rings is 2. The number of halogens is 1. The van der Waals surface area contributed by atoms with Crippen molar-refractivity contribution >= 4 is 40.8 Å². The monoisotopic (exact) mass is 564 g/mol. The zero-order valence-corrected chi connectivity index (χ0v) is 22.2. The van der Waals surface area contributed by atoms with Gasteiger partial charge in [0.15, 0.2) is 6.04 Å². The number of aromatic nitrogens is 6. The van der Waals surface area contributed by atoms with Gasteiger partial charge in [-0.2, -0.15) is 15.0 Å². The molecular formula is C26H25ClN8O5. The van der Waals surface area contributed by atoms with E-state index in [4.69, 9.17) is 25.8 Å². The average Bonchev–Trinajstić information content (AvgIpc) is 3.44. The summed E-state index contributed by atoms with van der Waals surface area (Å²) >= 11 is 6.09. The van der Waals surface area contributed by atoms with Gasteiger partial charge in [-0.1, -0.05) is 35.5 Å². The average molecular weight is 565 g/mol. The lowest BCUT2D eigenvalue weighted by Gasteiger charge is -2.26. The highest BCUT2D eigenvalue weighted by Gasteiger charge is 2.24. The Hall–Kier alpha value is -4.62. The van der Waals surface area contributed by atoms with Crippen LogP contribution in [0.15, 0.2) is 60.8 Å². The molecule has 206 valence electrons. The highest BCUT2D eigenvalue weighted by atomic mass is 35.5. The van der Waals surface area contributed by atoms with E-state index in [-0.39, 0.29) is 36.4 Å². The molecule has 13 nitrogen and oxygen atoms in total. The van der Waals surface area contributed by atoms with E-state index in [2.05, 4.69) is 30.6 Å². The number of esters is 1. The van der Waals surface area contributed by atoms with E-state index in [0.29, 0.717) is 31.0 Å². The number of carbonyl (C=O) groups is 2. The summed E-state index contributed by atoms with van der Waals surface area (Å²) in [6, 6.07) is 16.0. The van der Waals surface area contributed by atoms with Crippen LogP contribution in [-0.4, -0.2) is 68.7 Å². The second-order valence-electron chi connectivity index (χ2n) is 8.69. The minimum absolute atomic E-state index is 0.0265. The fraction of sp³-hybridized carbons (Fsp3) is 0.269. The second kappa shape index (κ2) is 12.5. The van der Waals surface area contributed by atoms with Gasteiger partial charge in [0.25, 0.3) is 5.91 Å². The van der Waals surface area contributed by atoms with Crippen LogP contribution in [0.5, 0.6) is 6.01 Å². The molecule has 1 unspecified atom stereocenters. The fourth-order valence-corrected chi connectivity index (χ4v) is 4.18. The van der Waals surface area contributed by atoms with Gasteiger partial charge in [-0.15, -0.1) is 5.10 Å². The largest absolute Gasteiger partial charge is 0.467 e. The molecule has 2 aromatic heterocycles. The molecular weight excluding hydrogens is 540 g/mol. The van der Waals surface area contributed by atoms with Gasteiger partial charge in [0.2, 0.25) is 11.2 Å². The van der Waals surface area contributed by atoms with Gasteiger partial charge >= 0.3 is 12.0 Å². The molecule has 40 heavy (non-hydrogen) atoms. The smallest absolute Gasteiger partial charge is 0.331 e. The summed E-state index contributed by atoms with van der Waals surface area (Å²) in [5.74, 6) is -0.358. The molecule has 1 saturated heterocycles. The van der Waals surface area contributed by atoms with E-state index in [1.165, 1.54) is 11.8 Å². The first-order chi connectivity index (χ1) is 19.5. The van der Waals surface area contributed by atoms with Gasteiger partial charge in [-0.05, 0) is 41.4 Å². The zero-order chi connectivity index (χ0) is 27.9. The minimum Gasteiger partial charge on any atom is -0.467 e. The number of ether oxygens (including phenoxy) is 3. The standard InChI is InChI=1S/C26H25ClN8O5/c1-38-23(37)21(13-17-5-3-2-4-6-17)35-14-19(32-33-35)15-40-26-30-24(27)29-25(31-26)28-18-7-9-20(10-8-18)34-11-12-39-16-22(34)36/h2-10,14,21H,11-13,15-16H2,1H3,(H,28,29,30,31). The van der Waals surface area contributed by atoms with Crippen LogP contribution in [0.25, 0.3) is 0 Å². The van der Waals surface area contributed by atoms with Crippen LogP contribution in [0, 0.1) is 0 Å². The van der Waals surface area contributed by atoms with Gasteiger partial charge in [0.05, 0.1) is 19.9 Å². The molecule has 1 aliphatic rings. The molecule has 0 spiro atoms. The Labute approximate surface area is 234 Å². The molecule has 1 fully saturated rings. The third-order valence-electron chi connectivity index (χ3n) is 5.98. The quantitative estimate of drug-likeness (QED) is 0.283. The number of amides is 1. The predicted octanol–water partition coefficient (Wildman–Crippen LogP) is 2.76. The predicted molar refractivity (Wildman–Crippen MR) is 143 cm³/mol. The first-order valence-electron chi connectivity index (χ1n) is 12.3. The zero-order valence-electron chi connectivity index (χ0n) is 21.4. The van der Waals surface area contributed by atoms with Crippen LogP contribution in [0.4, 0.5) is 17.3 Å². The van der Waals surface area contributed by atoms with E-state index in [0.717, 1.165) is 11.3 Å². The molecule has 0 bridgehead atoms. The second-order valence-corrected chi connectivity index (χ2v) is 9.03. The van der Waals surface area contributed by atoms with Crippen molar-refractivity contribution in [1.29, 1.82) is 0 Å². The molecule has 14 heteroatoms. The Balaban J connectivity index is 1.23. The molecule has 1 atom stereocenters. The highest BCUT2D eigenvalue weighted by Crippen LogP contribution is 2.23. The Morgan fingerprint density at radius 3 is 2.67 bits per heavy atom. The van der Waals surface area contributed by atoms with E-state index in [1.54, 1.807) is 23.2 Å². The molecule has 3 heterocycles. The van der Waals surface area contributed by atoms with E-state index >= 15 is 0 Å². The maximum atomic E-state index is 12.4. The summed E-state index contributed by atoms with van der Waals surface area (Å²) in [4.78, 5) is 38.5. The summed E-state index contributed by atoms with van der Waals surface area (Å²) in [5.41, 5.74) is 2.84. The van der Waals surface area contributed by atoms with Crippen molar-refractivity contribution < 1.29 is 23.8 Å². The Bertz CT molecular complexity index is 1470. The number of rotatable bonds is 10. The lowest BCUT2D eigenvalue weighted by Crippen LogP contribution is -2.41. The van der Waals surface area contributed by atoms with Crippen LogP contribution in [0.1, 0.15) is 17.3 Å². The van der Waals surface area contributed by atoms with Crippen molar-refractivity contribution in [2.75, 3.05) is 37.1 Å². The van der Waals surface area contributed by atoms with Crippen molar-refractivity contribution in [3.05, 3.63) is 77.3 Å². The fourth-order valence-electron chi connectivity index (χ4n) is 4.03. The van der Waals surface area contributed by atoms with Crippen molar-refractivity contribution in [1.82, 2.24) is 29.9 Å². The number of nitrogens with one attached hydrogen (secondary N) is 1. The van der Waals surface area contributed by atoms with E-state index in [1.807, 2.05) is 42.5 Å². The van der Waals surface area contributed by atoms with Crippen molar-refractivity contribution in [3.63, 3.8) is 0 Å². The summed E-state index contributed by atoms with van der Waals surface area (Å²) in [7, 11) is 1.33. The molecule has 1 N–H and O–H groups in total. The normalized spacial score (nSPS) is 14.1. The molecule has 0 radical (unpaired) electrons. The molecule has 1 aliphatic heterocycles. The molecule has 4 aromatic rings. The lowest BCUT2D eigenvalue weighted by molar-refractivity contribution is -0.145. The minimum atomic E-state index is -0.691. The van der Waals surface area contributed by atoms with Gasteiger partial charge in [0, 0.05) is 24.3 Å². The Kier molecular flexibility index (Phi) is 8.42. The molecule has 0 saturated carbocycles. The molecule has 1 amide bonds. The first-order valence-corrected chi connectivity index (χ1v) is 12.7. The SMILES string of the molecule is COC(=O)C(Cc1ccccc1)n1cc(COc2nc(Cl)nc(Nc3ccc(N4CCOCC4=O)cc3)n2)nn1. The Morgan fingerprint density at radius 2 is 1.93 bits per heavy atom. The van der Waals surface area contributed by atoms with E-state index < -0.39 is 12.0 Å². The number of hydrogen-bond donors (Lipinski definition) is 1. The van der Waals surface area contributed by atoms with Crippen LogP contribution >= 0.6 is 11.6 Å². The van der Waals surface area contributed by atoms with Crippen LogP contribution < -0.4 is 15.0 Å². The summed E-state index contributed by atoms with van der Waals surface area (Å²) < 4.78 is 17.3. The number of anilines is 3. The van der Waals surface area contributed by atoms with Gasteiger partial charge < -0.3 is 24.4 Å². The van der Waals surface area contributed by atoms with Crippen LogP contribution in [0.3, 0.4) is 0 Å². The van der Waals surface area contributed by atoms with Gasteiger partial charge in [-0.3, -0.25) is 4.79 Å². The third-order valence-corrected chi connectivity index (χ3v) is 6.15. The van der Waals surface area contributed by atoms with Gasteiger partial charge in [0.1, 0.15) is 18.9 Å². The number of carbonyl (C=O) groups excluding carboxylic acids is 2. The van der Waals surface area contributed by atoms with Crippen LogP contribution in [0.2, 0.25) is 5.28 Å².